The van der Waals surface area contributed by atoms with Crippen molar-refractivity contribution in [3.63, 3.8) is 0 Å². The molecule has 2 aromatic carbocycles. The van der Waals surface area contributed by atoms with Gasteiger partial charge in [0.25, 0.3) is 0 Å². The molecule has 0 bridgehead atoms. The fourth-order valence-electron chi connectivity index (χ4n) is 5.93. The van der Waals surface area contributed by atoms with Gasteiger partial charge in [-0.2, -0.15) is 8.42 Å². The van der Waals surface area contributed by atoms with E-state index in [1.54, 1.807) is 12.1 Å². The molecule has 0 N–H and O–H groups in total. The Morgan fingerprint density at radius 1 is 0.676 bits per heavy atom. The molecule has 2 saturated carbocycles. The zero-order chi connectivity index (χ0) is 27.0. The maximum absolute atomic E-state index is 13.8. The van der Waals surface area contributed by atoms with Gasteiger partial charge in [-0.15, -0.1) is 12.6 Å². The van der Waals surface area contributed by atoms with Gasteiger partial charge in [0.15, 0.2) is 0 Å². The summed E-state index contributed by atoms with van der Waals surface area (Å²) in [7, 11) is -4.01. The summed E-state index contributed by atoms with van der Waals surface area (Å²) in [5.41, 5.74) is 3.99. The molecule has 0 saturated heterocycles. The maximum Gasteiger partial charge on any atom is 0.339 e. The lowest BCUT2D eigenvalue weighted by Gasteiger charge is -2.29. The second-order valence-electron chi connectivity index (χ2n) is 13.4. The third-order valence-electron chi connectivity index (χ3n) is 8.37. The van der Waals surface area contributed by atoms with E-state index in [-0.39, 0.29) is 15.7 Å². The Balaban J connectivity index is 1.78. The number of hydrogen-bond donors (Lipinski definition) is 1. The zero-order valence-electron chi connectivity index (χ0n) is 23.7. The van der Waals surface area contributed by atoms with Crippen molar-refractivity contribution < 1.29 is 12.6 Å². The highest BCUT2D eigenvalue weighted by Gasteiger charge is 2.29. The van der Waals surface area contributed by atoms with Crippen LogP contribution in [0.3, 0.4) is 0 Å². The molecule has 4 rings (SSSR count). The predicted octanol–water partition coefficient (Wildman–Crippen LogP) is 9.43. The fraction of sp³-hybridized carbons (Fsp3) is 0.625. The Morgan fingerprint density at radius 3 is 1.46 bits per heavy atom. The van der Waals surface area contributed by atoms with Crippen molar-refractivity contribution in [3.05, 3.63) is 52.6 Å². The average molecular weight is 543 g/mol. The average Bonchev–Trinajstić information content (AvgIpc) is 2.84. The number of thiol groups is 1. The topological polar surface area (TPSA) is 43.4 Å². The minimum Gasteiger partial charge on any atom is -0.379 e. The second kappa shape index (κ2) is 11.0. The highest BCUT2D eigenvalue weighted by atomic mass is 32.2. The first-order valence-electron chi connectivity index (χ1n) is 14.2. The lowest BCUT2D eigenvalue weighted by atomic mass is 9.79. The van der Waals surface area contributed by atoms with Gasteiger partial charge >= 0.3 is 10.1 Å². The van der Waals surface area contributed by atoms with E-state index in [1.165, 1.54) is 49.7 Å². The normalized spacial score (nSPS) is 18.7. The molecule has 0 atom stereocenters. The largest absolute Gasteiger partial charge is 0.379 e. The Hall–Kier alpha value is -1.46. The SMILES string of the molecule is CC(C)(C)c1cc(C(C)(C)C)cc(S(=O)(=O)Oc2cc(C3CCCCC3)c(S)c(C3CCCCC3)c2)c1. The summed E-state index contributed by atoms with van der Waals surface area (Å²) in [5.74, 6) is 1.29. The molecule has 2 aliphatic rings. The van der Waals surface area contributed by atoms with Crippen LogP contribution in [-0.4, -0.2) is 8.42 Å². The molecule has 0 unspecified atom stereocenters. The van der Waals surface area contributed by atoms with Gasteiger partial charge < -0.3 is 4.18 Å². The fourth-order valence-corrected chi connectivity index (χ4v) is 7.42. The standard InChI is InChI=1S/C32H46O3S2/c1-31(2,3)24-17-25(32(4,5)6)19-27(18-24)37(33,34)35-26-20-28(22-13-9-7-10-14-22)30(36)29(21-26)23-15-11-8-12-16-23/h17-23,36H,7-16H2,1-6H3. The van der Waals surface area contributed by atoms with Gasteiger partial charge in [-0.25, -0.2) is 0 Å². The minimum absolute atomic E-state index is 0.179. The van der Waals surface area contributed by atoms with Gasteiger partial charge in [0, 0.05) is 4.90 Å². The van der Waals surface area contributed by atoms with Crippen molar-refractivity contribution in [2.75, 3.05) is 0 Å². The molecule has 3 nitrogen and oxygen atoms in total. The van der Waals surface area contributed by atoms with E-state index < -0.39 is 10.1 Å². The van der Waals surface area contributed by atoms with Gasteiger partial charge in [0.1, 0.15) is 10.6 Å². The smallest absolute Gasteiger partial charge is 0.339 e. The molecule has 2 fully saturated rings. The molecule has 2 aromatic rings. The first-order chi connectivity index (χ1) is 17.3. The van der Waals surface area contributed by atoms with Crippen LogP contribution in [0.1, 0.15) is 140 Å². The van der Waals surface area contributed by atoms with E-state index in [0.717, 1.165) is 41.7 Å². The van der Waals surface area contributed by atoms with Crippen LogP contribution in [0.15, 0.2) is 40.1 Å². The van der Waals surface area contributed by atoms with Crippen LogP contribution in [0.25, 0.3) is 0 Å². The van der Waals surface area contributed by atoms with Crippen LogP contribution in [0.4, 0.5) is 0 Å². The van der Waals surface area contributed by atoms with Gasteiger partial charge in [0.05, 0.1) is 0 Å². The maximum atomic E-state index is 13.8. The number of benzene rings is 2. The summed E-state index contributed by atoms with van der Waals surface area (Å²) in [6.45, 7) is 12.7. The van der Waals surface area contributed by atoms with Gasteiger partial charge in [0.2, 0.25) is 0 Å². The van der Waals surface area contributed by atoms with Crippen LogP contribution in [0.2, 0.25) is 0 Å². The van der Waals surface area contributed by atoms with E-state index in [1.807, 2.05) is 12.1 Å². The second-order valence-corrected chi connectivity index (χ2v) is 15.4. The summed E-state index contributed by atoms with van der Waals surface area (Å²) < 4.78 is 33.5. The van der Waals surface area contributed by atoms with E-state index in [4.69, 9.17) is 16.8 Å². The summed E-state index contributed by atoms with van der Waals surface area (Å²) in [6, 6.07) is 9.67. The Morgan fingerprint density at radius 2 is 1.08 bits per heavy atom. The van der Waals surface area contributed by atoms with E-state index in [2.05, 4.69) is 47.6 Å². The van der Waals surface area contributed by atoms with E-state index in [0.29, 0.717) is 17.6 Å². The van der Waals surface area contributed by atoms with Crippen LogP contribution in [0.5, 0.6) is 5.75 Å². The van der Waals surface area contributed by atoms with Crippen molar-refractivity contribution >= 4 is 22.7 Å². The molecule has 5 heteroatoms. The quantitative estimate of drug-likeness (QED) is 0.302. The highest BCUT2D eigenvalue weighted by Crippen LogP contribution is 2.44. The van der Waals surface area contributed by atoms with Gasteiger partial charge in [-0.05, 0) is 94.9 Å². The molecule has 204 valence electrons. The Labute approximate surface area is 231 Å². The predicted molar refractivity (Wildman–Crippen MR) is 157 cm³/mol. The van der Waals surface area contributed by atoms with Crippen molar-refractivity contribution in [1.29, 1.82) is 0 Å². The van der Waals surface area contributed by atoms with Crippen molar-refractivity contribution in [3.8, 4) is 5.75 Å². The van der Waals surface area contributed by atoms with E-state index in [9.17, 15) is 8.42 Å². The highest BCUT2D eigenvalue weighted by molar-refractivity contribution is 7.87. The molecule has 0 radical (unpaired) electrons. The Kier molecular flexibility index (Phi) is 8.46. The van der Waals surface area contributed by atoms with E-state index >= 15 is 0 Å². The van der Waals surface area contributed by atoms with Crippen LogP contribution in [0, 0.1) is 0 Å². The molecular formula is C32H46O3S2. The molecule has 0 heterocycles. The minimum atomic E-state index is -4.01. The molecule has 0 aromatic heterocycles. The number of hydrogen-bond acceptors (Lipinski definition) is 4. The van der Waals surface area contributed by atoms with Crippen LogP contribution >= 0.6 is 12.6 Å². The molecular weight excluding hydrogens is 496 g/mol. The molecule has 37 heavy (non-hydrogen) atoms. The monoisotopic (exact) mass is 542 g/mol. The van der Waals surface area contributed by atoms with Crippen molar-refractivity contribution in [2.24, 2.45) is 0 Å². The van der Waals surface area contributed by atoms with Gasteiger partial charge in [-0.3, -0.25) is 0 Å². The first kappa shape index (κ1) is 28.5. The van der Waals surface area contributed by atoms with Crippen LogP contribution in [-0.2, 0) is 20.9 Å². The lowest BCUT2D eigenvalue weighted by molar-refractivity contribution is 0.424. The van der Waals surface area contributed by atoms with Crippen LogP contribution < -0.4 is 4.18 Å². The third-order valence-corrected chi connectivity index (χ3v) is 10.1. The zero-order valence-corrected chi connectivity index (χ0v) is 25.4. The molecule has 0 aliphatic heterocycles. The Bertz CT molecular complexity index is 1130. The molecule has 2 aliphatic carbocycles. The summed E-state index contributed by atoms with van der Waals surface area (Å²) in [6.07, 6.45) is 12.0. The van der Waals surface area contributed by atoms with Crippen molar-refractivity contribution in [1.82, 2.24) is 0 Å². The summed E-state index contributed by atoms with van der Waals surface area (Å²) >= 11 is 5.05. The summed E-state index contributed by atoms with van der Waals surface area (Å²) in [5, 5.41) is 0. The third kappa shape index (κ3) is 6.76. The first-order valence-corrected chi connectivity index (χ1v) is 16.1. The molecule has 0 spiro atoms. The van der Waals surface area contributed by atoms with Gasteiger partial charge in [-0.1, -0.05) is 86.1 Å². The van der Waals surface area contributed by atoms with Crippen molar-refractivity contribution in [2.45, 2.75) is 138 Å². The lowest BCUT2D eigenvalue weighted by Crippen LogP contribution is -2.19. The molecule has 0 amide bonds. The number of rotatable bonds is 5. The summed E-state index contributed by atoms with van der Waals surface area (Å²) in [4.78, 5) is 1.30.